The minimum absolute atomic E-state index is 0.00279. The molecule has 0 saturated heterocycles. The number of nitrogens with zero attached hydrogens (tertiary/aromatic N) is 1. The SMILES string of the molecule is Nc1cc(-c2cc3c(cc2C(F)(F)F)OCCO3)on1. The fourth-order valence-electron chi connectivity index (χ4n) is 1.94. The lowest BCUT2D eigenvalue weighted by molar-refractivity contribution is -0.137. The lowest BCUT2D eigenvalue weighted by Gasteiger charge is -2.21. The van der Waals surface area contributed by atoms with Gasteiger partial charge in [-0.1, -0.05) is 5.16 Å². The van der Waals surface area contributed by atoms with E-state index >= 15 is 0 Å². The number of hydrogen-bond acceptors (Lipinski definition) is 5. The van der Waals surface area contributed by atoms with Crippen LogP contribution in [0.25, 0.3) is 11.3 Å². The number of fused-ring (bicyclic) bond motifs is 1. The zero-order valence-corrected chi connectivity index (χ0v) is 10.0. The van der Waals surface area contributed by atoms with E-state index in [4.69, 9.17) is 19.7 Å². The molecule has 0 fully saturated rings. The van der Waals surface area contributed by atoms with E-state index in [-0.39, 0.29) is 41.9 Å². The van der Waals surface area contributed by atoms with Gasteiger partial charge in [-0.2, -0.15) is 13.2 Å². The summed E-state index contributed by atoms with van der Waals surface area (Å²) >= 11 is 0. The normalized spacial score (nSPS) is 14.3. The highest BCUT2D eigenvalue weighted by molar-refractivity contribution is 5.69. The van der Waals surface area contributed by atoms with Gasteiger partial charge in [-0.25, -0.2) is 0 Å². The molecule has 5 nitrogen and oxygen atoms in total. The molecule has 1 aromatic carbocycles. The number of halogens is 3. The van der Waals surface area contributed by atoms with E-state index in [1.807, 2.05) is 0 Å². The molecule has 0 atom stereocenters. The highest BCUT2D eigenvalue weighted by Gasteiger charge is 2.36. The highest BCUT2D eigenvalue weighted by Crippen LogP contribution is 2.44. The summed E-state index contributed by atoms with van der Waals surface area (Å²) < 4.78 is 54.6. The molecule has 0 radical (unpaired) electrons. The van der Waals surface area contributed by atoms with Crippen molar-refractivity contribution in [2.24, 2.45) is 0 Å². The summed E-state index contributed by atoms with van der Waals surface area (Å²) in [5.41, 5.74) is 4.29. The van der Waals surface area contributed by atoms with Crippen LogP contribution in [0.5, 0.6) is 11.5 Å². The smallest absolute Gasteiger partial charge is 0.417 e. The zero-order chi connectivity index (χ0) is 14.3. The van der Waals surface area contributed by atoms with Gasteiger partial charge >= 0.3 is 6.18 Å². The summed E-state index contributed by atoms with van der Waals surface area (Å²) in [5, 5.41) is 3.39. The molecule has 1 aliphatic rings. The predicted octanol–water partition coefficient (Wildman–Crippen LogP) is 2.71. The molecule has 1 aliphatic heterocycles. The Labute approximate surface area is 111 Å². The third-order valence-corrected chi connectivity index (χ3v) is 2.78. The molecule has 0 saturated carbocycles. The van der Waals surface area contributed by atoms with Crippen LogP contribution in [-0.4, -0.2) is 18.4 Å². The van der Waals surface area contributed by atoms with Crippen LogP contribution in [0.3, 0.4) is 0 Å². The Morgan fingerprint density at radius 3 is 2.25 bits per heavy atom. The number of anilines is 1. The molecule has 0 spiro atoms. The van der Waals surface area contributed by atoms with Gasteiger partial charge in [-0.15, -0.1) is 0 Å². The second-order valence-electron chi connectivity index (χ2n) is 4.16. The number of ether oxygens (including phenoxy) is 2. The highest BCUT2D eigenvalue weighted by atomic mass is 19.4. The molecular formula is C12H9F3N2O3. The summed E-state index contributed by atoms with van der Waals surface area (Å²) in [7, 11) is 0. The molecule has 2 heterocycles. The molecule has 0 aliphatic carbocycles. The topological polar surface area (TPSA) is 70.5 Å². The molecule has 0 amide bonds. The van der Waals surface area contributed by atoms with Crippen LogP contribution in [0.4, 0.5) is 19.0 Å². The van der Waals surface area contributed by atoms with Crippen molar-refractivity contribution in [3.8, 4) is 22.8 Å². The van der Waals surface area contributed by atoms with E-state index in [9.17, 15) is 13.2 Å². The summed E-state index contributed by atoms with van der Waals surface area (Å²) in [5.74, 6) is 0.212. The first-order valence-electron chi connectivity index (χ1n) is 5.68. The Bertz CT molecular complexity index is 652. The molecule has 1 aromatic heterocycles. The van der Waals surface area contributed by atoms with Crippen LogP contribution >= 0.6 is 0 Å². The van der Waals surface area contributed by atoms with Gasteiger partial charge in [0.1, 0.15) is 13.2 Å². The van der Waals surface area contributed by atoms with Gasteiger partial charge in [0, 0.05) is 11.6 Å². The van der Waals surface area contributed by atoms with Crippen LogP contribution in [0, 0.1) is 0 Å². The van der Waals surface area contributed by atoms with E-state index in [0.29, 0.717) is 0 Å². The summed E-state index contributed by atoms with van der Waals surface area (Å²) in [6.07, 6.45) is -4.56. The first kappa shape index (κ1) is 12.6. The minimum Gasteiger partial charge on any atom is -0.486 e. The average Bonchev–Trinajstić information content (AvgIpc) is 2.83. The van der Waals surface area contributed by atoms with Crippen molar-refractivity contribution in [2.75, 3.05) is 18.9 Å². The van der Waals surface area contributed by atoms with Gasteiger partial charge in [-0.3, -0.25) is 0 Å². The van der Waals surface area contributed by atoms with Gasteiger partial charge in [-0.05, 0) is 12.1 Å². The Morgan fingerprint density at radius 1 is 1.05 bits per heavy atom. The maximum absolute atomic E-state index is 13.1. The number of rotatable bonds is 1. The van der Waals surface area contributed by atoms with Crippen molar-refractivity contribution in [3.05, 3.63) is 23.8 Å². The summed E-state index contributed by atoms with van der Waals surface area (Å²) in [4.78, 5) is 0. The minimum atomic E-state index is -4.56. The van der Waals surface area contributed by atoms with Crippen LogP contribution in [0.15, 0.2) is 22.7 Å². The number of nitrogens with two attached hydrogens (primary N) is 1. The lowest BCUT2D eigenvalue weighted by Crippen LogP contribution is -2.17. The first-order chi connectivity index (χ1) is 9.45. The second kappa shape index (κ2) is 4.32. The zero-order valence-electron chi connectivity index (χ0n) is 10.0. The molecule has 8 heteroatoms. The van der Waals surface area contributed by atoms with Crippen molar-refractivity contribution in [3.63, 3.8) is 0 Å². The predicted molar refractivity (Wildman–Crippen MR) is 62.3 cm³/mol. The number of benzene rings is 1. The van der Waals surface area contributed by atoms with E-state index in [1.54, 1.807) is 0 Å². The maximum Gasteiger partial charge on any atom is 0.417 e. The summed E-state index contributed by atoms with van der Waals surface area (Å²) in [6, 6.07) is 3.33. The van der Waals surface area contributed by atoms with Crippen molar-refractivity contribution in [1.82, 2.24) is 5.16 Å². The molecule has 2 N–H and O–H groups in total. The average molecular weight is 286 g/mol. The van der Waals surface area contributed by atoms with Crippen LogP contribution in [0.1, 0.15) is 5.56 Å². The fraction of sp³-hybridized carbons (Fsp3) is 0.250. The molecule has 2 aromatic rings. The largest absolute Gasteiger partial charge is 0.486 e. The standard InChI is InChI=1S/C12H9F3N2O3/c13-12(14,15)7-4-10-9(18-1-2-19-10)3-6(7)8-5-11(16)17-20-8/h3-5H,1-2H2,(H2,16,17). The van der Waals surface area contributed by atoms with Crippen molar-refractivity contribution >= 4 is 5.82 Å². The Hall–Kier alpha value is -2.38. The van der Waals surface area contributed by atoms with E-state index in [2.05, 4.69) is 5.16 Å². The monoisotopic (exact) mass is 286 g/mol. The maximum atomic E-state index is 13.1. The first-order valence-corrected chi connectivity index (χ1v) is 5.68. The number of hydrogen-bond donors (Lipinski definition) is 1. The Kier molecular flexibility index (Phi) is 2.73. The van der Waals surface area contributed by atoms with Gasteiger partial charge in [0.25, 0.3) is 0 Å². The second-order valence-corrected chi connectivity index (χ2v) is 4.16. The van der Waals surface area contributed by atoms with Crippen molar-refractivity contribution in [2.45, 2.75) is 6.18 Å². The number of alkyl halides is 3. The van der Waals surface area contributed by atoms with E-state index in [1.165, 1.54) is 12.1 Å². The van der Waals surface area contributed by atoms with Crippen LogP contribution in [-0.2, 0) is 6.18 Å². The number of aromatic nitrogens is 1. The van der Waals surface area contributed by atoms with Crippen molar-refractivity contribution < 1.29 is 27.2 Å². The fourth-order valence-corrected chi connectivity index (χ4v) is 1.94. The molecule has 20 heavy (non-hydrogen) atoms. The van der Waals surface area contributed by atoms with Gasteiger partial charge in [0.15, 0.2) is 23.1 Å². The van der Waals surface area contributed by atoms with Crippen LogP contribution < -0.4 is 15.2 Å². The van der Waals surface area contributed by atoms with Crippen molar-refractivity contribution in [1.29, 1.82) is 0 Å². The Morgan fingerprint density at radius 2 is 1.70 bits per heavy atom. The number of nitrogen functional groups attached to an aromatic ring is 1. The quantitative estimate of drug-likeness (QED) is 0.872. The molecule has 0 unspecified atom stereocenters. The molecule has 3 rings (SSSR count). The third-order valence-electron chi connectivity index (χ3n) is 2.78. The summed E-state index contributed by atoms with van der Waals surface area (Å²) in [6.45, 7) is 0.481. The third kappa shape index (κ3) is 2.13. The van der Waals surface area contributed by atoms with Gasteiger partial charge in [0.2, 0.25) is 0 Å². The van der Waals surface area contributed by atoms with Gasteiger partial charge in [0.05, 0.1) is 5.56 Å². The van der Waals surface area contributed by atoms with Crippen LogP contribution in [0.2, 0.25) is 0 Å². The molecule has 0 bridgehead atoms. The van der Waals surface area contributed by atoms with Gasteiger partial charge < -0.3 is 19.7 Å². The van der Waals surface area contributed by atoms with E-state index < -0.39 is 11.7 Å². The Balaban J connectivity index is 2.20. The van der Waals surface area contributed by atoms with E-state index in [0.717, 1.165) is 6.07 Å². The molecule has 106 valence electrons. The lowest BCUT2D eigenvalue weighted by atomic mass is 10.0. The molecular weight excluding hydrogens is 277 g/mol.